The predicted molar refractivity (Wildman–Crippen MR) is 140 cm³/mol. The molecule has 4 rings (SSSR count). The summed E-state index contributed by atoms with van der Waals surface area (Å²) < 4.78 is 5.73. The standard InChI is InChI=1S/C29H43N3O2/c1-4-6-13-31(14-7-5-2)29(33)21-32-20-25(23-8-11-28-24(17-23)12-15-34-28)18-27(32)10-9-26-16-22(3)19-30-26/h8,11,17,19,25,27H,4-7,9-10,12-16,18,20-21H2,1-3H3/t25-,27+/m1/s1. The van der Waals surface area contributed by atoms with Gasteiger partial charge in [-0.05, 0) is 67.7 Å². The quantitative estimate of drug-likeness (QED) is 0.396. The highest BCUT2D eigenvalue weighted by Gasteiger charge is 2.35. The van der Waals surface area contributed by atoms with Gasteiger partial charge in [0.2, 0.25) is 5.91 Å². The van der Waals surface area contributed by atoms with E-state index in [4.69, 9.17) is 4.74 Å². The van der Waals surface area contributed by atoms with Gasteiger partial charge in [0.25, 0.3) is 0 Å². The van der Waals surface area contributed by atoms with E-state index in [1.54, 1.807) is 0 Å². The highest BCUT2D eigenvalue weighted by atomic mass is 16.5. The lowest BCUT2D eigenvalue weighted by atomic mass is 9.93. The van der Waals surface area contributed by atoms with Crippen LogP contribution < -0.4 is 4.74 Å². The number of amides is 1. The van der Waals surface area contributed by atoms with Crippen molar-refractivity contribution in [3.05, 3.63) is 41.1 Å². The van der Waals surface area contributed by atoms with Crippen molar-refractivity contribution in [2.45, 2.75) is 90.5 Å². The van der Waals surface area contributed by atoms with Crippen LogP contribution in [-0.4, -0.2) is 60.2 Å². The van der Waals surface area contributed by atoms with E-state index in [1.807, 2.05) is 6.20 Å². The maximum Gasteiger partial charge on any atom is 0.236 e. The third kappa shape index (κ3) is 6.29. The monoisotopic (exact) mass is 465 g/mol. The summed E-state index contributed by atoms with van der Waals surface area (Å²) in [5.74, 6) is 1.84. The summed E-state index contributed by atoms with van der Waals surface area (Å²) in [4.78, 5) is 22.6. The molecule has 0 spiro atoms. The smallest absolute Gasteiger partial charge is 0.236 e. The molecule has 1 saturated heterocycles. The van der Waals surface area contributed by atoms with E-state index in [1.165, 1.54) is 22.4 Å². The summed E-state index contributed by atoms with van der Waals surface area (Å²) in [5, 5.41) is 0. The van der Waals surface area contributed by atoms with E-state index in [0.717, 1.165) is 89.8 Å². The van der Waals surface area contributed by atoms with Gasteiger partial charge in [-0.15, -0.1) is 0 Å². The molecule has 1 aromatic rings. The van der Waals surface area contributed by atoms with Gasteiger partial charge in [0, 0.05) is 50.4 Å². The average molecular weight is 466 g/mol. The number of hydrogen-bond donors (Lipinski definition) is 0. The van der Waals surface area contributed by atoms with Gasteiger partial charge in [-0.3, -0.25) is 14.7 Å². The molecule has 186 valence electrons. The summed E-state index contributed by atoms with van der Waals surface area (Å²) in [6.07, 6.45) is 11.7. The number of allylic oxidation sites excluding steroid dienone is 1. The van der Waals surface area contributed by atoms with Gasteiger partial charge in [-0.2, -0.15) is 0 Å². The Hall–Kier alpha value is -2.14. The van der Waals surface area contributed by atoms with Gasteiger partial charge in [-0.1, -0.05) is 38.8 Å². The zero-order chi connectivity index (χ0) is 23.9. The molecule has 0 bridgehead atoms. The summed E-state index contributed by atoms with van der Waals surface area (Å²) >= 11 is 0. The van der Waals surface area contributed by atoms with Crippen LogP contribution in [0, 0.1) is 0 Å². The molecule has 0 unspecified atom stereocenters. The Morgan fingerprint density at radius 3 is 2.71 bits per heavy atom. The molecule has 34 heavy (non-hydrogen) atoms. The van der Waals surface area contributed by atoms with E-state index in [9.17, 15) is 4.79 Å². The van der Waals surface area contributed by atoms with Crippen molar-refractivity contribution in [1.82, 2.24) is 9.80 Å². The number of hydrogen-bond acceptors (Lipinski definition) is 4. The van der Waals surface area contributed by atoms with Crippen molar-refractivity contribution in [3.63, 3.8) is 0 Å². The van der Waals surface area contributed by atoms with Gasteiger partial charge in [0.05, 0.1) is 13.2 Å². The van der Waals surface area contributed by atoms with Crippen LogP contribution >= 0.6 is 0 Å². The fourth-order valence-corrected chi connectivity index (χ4v) is 5.61. The van der Waals surface area contributed by atoms with Crippen LogP contribution in [0.2, 0.25) is 0 Å². The molecule has 0 radical (unpaired) electrons. The van der Waals surface area contributed by atoms with Gasteiger partial charge >= 0.3 is 0 Å². The van der Waals surface area contributed by atoms with Crippen LogP contribution in [0.4, 0.5) is 0 Å². The zero-order valence-corrected chi connectivity index (χ0v) is 21.5. The first-order valence-electron chi connectivity index (χ1n) is 13.6. The number of fused-ring (bicyclic) bond motifs is 1. The minimum absolute atomic E-state index is 0.311. The SMILES string of the molecule is CCCCN(CCCC)C(=O)CN1C[C@H](c2ccc3c(c2)CCO3)C[C@@H]1CCC1=NC=C(C)C1. The minimum Gasteiger partial charge on any atom is -0.493 e. The van der Waals surface area contributed by atoms with Gasteiger partial charge in [0.15, 0.2) is 0 Å². The summed E-state index contributed by atoms with van der Waals surface area (Å²) in [6, 6.07) is 7.19. The minimum atomic E-state index is 0.311. The van der Waals surface area contributed by atoms with E-state index in [2.05, 4.69) is 53.8 Å². The molecule has 1 amide bonds. The van der Waals surface area contributed by atoms with E-state index < -0.39 is 0 Å². The Morgan fingerprint density at radius 1 is 1.21 bits per heavy atom. The average Bonchev–Trinajstić information content (AvgIpc) is 3.57. The van der Waals surface area contributed by atoms with Crippen LogP contribution in [0.25, 0.3) is 0 Å². The van der Waals surface area contributed by atoms with E-state index >= 15 is 0 Å². The Labute approximate surface area is 206 Å². The molecule has 0 aliphatic carbocycles. The van der Waals surface area contributed by atoms with Gasteiger partial charge in [0.1, 0.15) is 5.75 Å². The van der Waals surface area contributed by atoms with Gasteiger partial charge in [-0.25, -0.2) is 0 Å². The van der Waals surface area contributed by atoms with Gasteiger partial charge < -0.3 is 9.64 Å². The number of rotatable bonds is 12. The number of ether oxygens (including phenoxy) is 1. The van der Waals surface area contributed by atoms with Crippen molar-refractivity contribution in [2.75, 3.05) is 32.8 Å². The second kappa shape index (κ2) is 12.0. The van der Waals surface area contributed by atoms with Crippen LogP contribution in [0.5, 0.6) is 5.75 Å². The zero-order valence-electron chi connectivity index (χ0n) is 21.5. The molecule has 1 aromatic carbocycles. The lowest BCUT2D eigenvalue weighted by molar-refractivity contribution is -0.132. The molecule has 2 atom stereocenters. The fraction of sp³-hybridized carbons (Fsp3) is 0.655. The van der Waals surface area contributed by atoms with Crippen molar-refractivity contribution < 1.29 is 9.53 Å². The molecule has 0 saturated carbocycles. The lowest BCUT2D eigenvalue weighted by Gasteiger charge is -2.28. The number of benzene rings is 1. The maximum atomic E-state index is 13.4. The molecule has 5 nitrogen and oxygen atoms in total. The molecular weight excluding hydrogens is 422 g/mol. The first-order valence-corrected chi connectivity index (χ1v) is 13.6. The molecule has 0 aromatic heterocycles. The van der Waals surface area contributed by atoms with E-state index in [0.29, 0.717) is 24.4 Å². The Kier molecular flexibility index (Phi) is 8.82. The number of unbranched alkanes of at least 4 members (excludes halogenated alkanes) is 2. The number of nitrogens with zero attached hydrogens (tertiary/aromatic N) is 3. The second-order valence-corrected chi connectivity index (χ2v) is 10.5. The second-order valence-electron chi connectivity index (χ2n) is 10.5. The van der Waals surface area contributed by atoms with Crippen molar-refractivity contribution in [1.29, 1.82) is 0 Å². The summed E-state index contributed by atoms with van der Waals surface area (Å²) in [5.41, 5.74) is 5.41. The van der Waals surface area contributed by atoms with Crippen molar-refractivity contribution in [3.8, 4) is 5.75 Å². The maximum absolute atomic E-state index is 13.4. The molecule has 3 heterocycles. The largest absolute Gasteiger partial charge is 0.493 e. The molecule has 0 N–H and O–H groups in total. The Morgan fingerprint density at radius 2 is 2.00 bits per heavy atom. The van der Waals surface area contributed by atoms with Crippen LogP contribution in [0.1, 0.15) is 89.2 Å². The number of aliphatic imine (C=N–C) groups is 1. The summed E-state index contributed by atoms with van der Waals surface area (Å²) in [7, 11) is 0. The van der Waals surface area contributed by atoms with Crippen LogP contribution in [0.15, 0.2) is 35.0 Å². The normalized spacial score (nSPS) is 21.9. The fourth-order valence-electron chi connectivity index (χ4n) is 5.61. The molecule has 3 aliphatic rings. The number of carbonyl (C=O) groups excluding carboxylic acids is 1. The highest BCUT2D eigenvalue weighted by molar-refractivity contribution is 5.89. The van der Waals surface area contributed by atoms with E-state index in [-0.39, 0.29) is 0 Å². The van der Waals surface area contributed by atoms with Crippen LogP contribution in [-0.2, 0) is 11.2 Å². The molecule has 3 aliphatic heterocycles. The predicted octanol–water partition coefficient (Wildman–Crippen LogP) is 5.74. The molecule has 1 fully saturated rings. The summed E-state index contributed by atoms with van der Waals surface area (Å²) in [6.45, 7) is 10.7. The molecular formula is C29H43N3O2. The Balaban J connectivity index is 1.44. The Bertz CT molecular complexity index is 899. The third-order valence-corrected chi connectivity index (χ3v) is 7.68. The van der Waals surface area contributed by atoms with Crippen molar-refractivity contribution in [2.24, 2.45) is 4.99 Å². The topological polar surface area (TPSA) is 45.1 Å². The number of carbonyl (C=O) groups is 1. The van der Waals surface area contributed by atoms with Crippen molar-refractivity contribution >= 4 is 11.6 Å². The van der Waals surface area contributed by atoms with Crippen LogP contribution in [0.3, 0.4) is 0 Å². The first kappa shape index (κ1) is 25.0. The third-order valence-electron chi connectivity index (χ3n) is 7.68. The first-order chi connectivity index (χ1) is 16.6. The highest BCUT2D eigenvalue weighted by Crippen LogP contribution is 2.37. The lowest BCUT2D eigenvalue weighted by Crippen LogP contribution is -2.43. The number of likely N-dealkylation sites (tertiary alicyclic amines) is 1. The molecule has 5 heteroatoms.